The number of aryl methyl sites for hydroxylation is 1. The third-order valence-corrected chi connectivity index (χ3v) is 2.14. The van der Waals surface area contributed by atoms with Crippen molar-refractivity contribution in [2.75, 3.05) is 13.7 Å². The van der Waals surface area contributed by atoms with Gasteiger partial charge in [0.25, 0.3) is 5.78 Å². The molecular formula is C12H14O4. The van der Waals surface area contributed by atoms with E-state index in [-0.39, 0.29) is 6.61 Å². The summed E-state index contributed by atoms with van der Waals surface area (Å²) < 4.78 is 9.66. The fraction of sp³-hybridized carbons (Fsp3) is 0.333. The topological polar surface area (TPSA) is 52.6 Å². The van der Waals surface area contributed by atoms with Crippen molar-refractivity contribution in [1.82, 2.24) is 0 Å². The number of rotatable bonds is 4. The van der Waals surface area contributed by atoms with Crippen molar-refractivity contribution in [3.05, 3.63) is 29.3 Å². The van der Waals surface area contributed by atoms with Crippen LogP contribution in [0.4, 0.5) is 0 Å². The van der Waals surface area contributed by atoms with E-state index in [0.29, 0.717) is 16.9 Å². The number of Topliss-reactive ketones (excluding diaryl/α,β-unsaturated/α-hetero) is 1. The minimum atomic E-state index is -0.823. The lowest BCUT2D eigenvalue weighted by Crippen LogP contribution is -2.18. The molecule has 0 aliphatic rings. The molecule has 0 fully saturated rings. The molecule has 0 aromatic heterocycles. The van der Waals surface area contributed by atoms with Gasteiger partial charge in [0.05, 0.1) is 13.7 Å². The van der Waals surface area contributed by atoms with E-state index in [0.717, 1.165) is 0 Å². The molecule has 1 aromatic carbocycles. The van der Waals surface area contributed by atoms with Crippen molar-refractivity contribution in [2.45, 2.75) is 13.8 Å². The Labute approximate surface area is 94.2 Å². The predicted octanol–water partition coefficient (Wildman–Crippen LogP) is 1.75. The van der Waals surface area contributed by atoms with E-state index >= 15 is 0 Å². The van der Waals surface area contributed by atoms with Gasteiger partial charge < -0.3 is 9.47 Å². The average molecular weight is 222 g/mol. The quantitative estimate of drug-likeness (QED) is 0.442. The van der Waals surface area contributed by atoms with Gasteiger partial charge in [-0.15, -0.1) is 0 Å². The van der Waals surface area contributed by atoms with Gasteiger partial charge in [-0.2, -0.15) is 0 Å². The zero-order valence-corrected chi connectivity index (χ0v) is 9.57. The number of hydrogen-bond donors (Lipinski definition) is 0. The Bertz CT molecular complexity index is 409. The Hall–Kier alpha value is -1.84. The Morgan fingerprint density at radius 2 is 2.00 bits per heavy atom. The van der Waals surface area contributed by atoms with Gasteiger partial charge in [-0.3, -0.25) is 4.79 Å². The normalized spacial score (nSPS) is 9.69. The molecule has 4 nitrogen and oxygen atoms in total. The molecule has 0 atom stereocenters. The first-order chi connectivity index (χ1) is 7.60. The number of esters is 1. The minimum Gasteiger partial charge on any atom is -0.497 e. The van der Waals surface area contributed by atoms with E-state index in [4.69, 9.17) is 4.74 Å². The second-order valence-corrected chi connectivity index (χ2v) is 3.23. The summed E-state index contributed by atoms with van der Waals surface area (Å²) in [6.45, 7) is 3.60. The lowest BCUT2D eigenvalue weighted by molar-refractivity contribution is -0.137. The van der Waals surface area contributed by atoms with Crippen LogP contribution < -0.4 is 4.74 Å². The van der Waals surface area contributed by atoms with E-state index in [1.54, 1.807) is 39.2 Å². The fourth-order valence-electron chi connectivity index (χ4n) is 1.32. The van der Waals surface area contributed by atoms with Crippen molar-refractivity contribution < 1.29 is 19.1 Å². The molecule has 0 unspecified atom stereocenters. The van der Waals surface area contributed by atoms with Gasteiger partial charge in [-0.05, 0) is 37.6 Å². The summed E-state index contributed by atoms with van der Waals surface area (Å²) in [5.41, 5.74) is 1.04. The van der Waals surface area contributed by atoms with Gasteiger partial charge >= 0.3 is 5.97 Å². The molecule has 0 amide bonds. The maximum atomic E-state index is 11.6. The van der Waals surface area contributed by atoms with Crippen molar-refractivity contribution in [3.63, 3.8) is 0 Å². The van der Waals surface area contributed by atoms with Crippen LogP contribution >= 0.6 is 0 Å². The Kier molecular flexibility index (Phi) is 4.05. The standard InChI is InChI=1S/C12H14O4/c1-4-16-12(14)11(13)10-6-5-9(15-3)7-8(10)2/h5-7H,4H2,1-3H3. The number of benzene rings is 1. The molecule has 0 aliphatic carbocycles. The molecule has 0 aliphatic heterocycles. The molecule has 86 valence electrons. The smallest absolute Gasteiger partial charge is 0.379 e. The van der Waals surface area contributed by atoms with Crippen molar-refractivity contribution in [2.24, 2.45) is 0 Å². The van der Waals surface area contributed by atoms with Crippen LogP contribution in [0, 0.1) is 6.92 Å². The number of ether oxygens (including phenoxy) is 2. The molecule has 1 rings (SSSR count). The monoisotopic (exact) mass is 222 g/mol. The molecular weight excluding hydrogens is 208 g/mol. The average Bonchev–Trinajstić information content (AvgIpc) is 2.28. The third-order valence-electron chi connectivity index (χ3n) is 2.14. The third kappa shape index (κ3) is 2.59. The predicted molar refractivity (Wildman–Crippen MR) is 58.7 cm³/mol. The van der Waals surface area contributed by atoms with Gasteiger partial charge in [0.15, 0.2) is 0 Å². The van der Waals surface area contributed by atoms with Crippen molar-refractivity contribution in [1.29, 1.82) is 0 Å². The Morgan fingerprint density at radius 3 is 2.50 bits per heavy atom. The molecule has 16 heavy (non-hydrogen) atoms. The summed E-state index contributed by atoms with van der Waals surface area (Å²) >= 11 is 0. The summed E-state index contributed by atoms with van der Waals surface area (Å²) in [5, 5.41) is 0. The SMILES string of the molecule is CCOC(=O)C(=O)c1ccc(OC)cc1C. The van der Waals surface area contributed by atoms with Crippen LogP contribution in [0.15, 0.2) is 18.2 Å². The van der Waals surface area contributed by atoms with Crippen LogP contribution in [0.1, 0.15) is 22.8 Å². The second-order valence-electron chi connectivity index (χ2n) is 3.23. The van der Waals surface area contributed by atoms with E-state index in [1.165, 1.54) is 0 Å². The number of carbonyl (C=O) groups is 2. The van der Waals surface area contributed by atoms with Crippen LogP contribution in [-0.4, -0.2) is 25.5 Å². The molecule has 1 aromatic rings. The molecule has 0 radical (unpaired) electrons. The lowest BCUT2D eigenvalue weighted by Gasteiger charge is -2.06. The van der Waals surface area contributed by atoms with E-state index < -0.39 is 11.8 Å². The summed E-state index contributed by atoms with van der Waals surface area (Å²) in [4.78, 5) is 22.9. The van der Waals surface area contributed by atoms with Gasteiger partial charge in [-0.25, -0.2) is 4.79 Å². The molecule has 0 spiro atoms. The number of carbonyl (C=O) groups excluding carboxylic acids is 2. The number of methoxy groups -OCH3 is 1. The Morgan fingerprint density at radius 1 is 1.31 bits per heavy atom. The lowest BCUT2D eigenvalue weighted by atomic mass is 10.0. The number of ketones is 1. The van der Waals surface area contributed by atoms with Gasteiger partial charge in [-0.1, -0.05) is 0 Å². The first-order valence-electron chi connectivity index (χ1n) is 4.96. The highest BCUT2D eigenvalue weighted by atomic mass is 16.5. The summed E-state index contributed by atoms with van der Waals surface area (Å²) in [7, 11) is 1.54. The Balaban J connectivity index is 2.96. The molecule has 0 saturated carbocycles. The molecule has 0 N–H and O–H groups in total. The van der Waals surface area contributed by atoms with Crippen LogP contribution in [0.5, 0.6) is 5.75 Å². The van der Waals surface area contributed by atoms with E-state index in [9.17, 15) is 9.59 Å². The maximum absolute atomic E-state index is 11.6. The zero-order valence-electron chi connectivity index (χ0n) is 9.57. The first kappa shape index (κ1) is 12.2. The van der Waals surface area contributed by atoms with Gasteiger partial charge in [0, 0.05) is 5.56 Å². The maximum Gasteiger partial charge on any atom is 0.379 e. The molecule has 0 saturated heterocycles. The van der Waals surface area contributed by atoms with Gasteiger partial charge in [0.1, 0.15) is 5.75 Å². The highest BCUT2D eigenvalue weighted by Crippen LogP contribution is 2.17. The van der Waals surface area contributed by atoms with Crippen LogP contribution in [0.3, 0.4) is 0 Å². The highest BCUT2D eigenvalue weighted by Gasteiger charge is 2.19. The second kappa shape index (κ2) is 5.30. The summed E-state index contributed by atoms with van der Waals surface area (Å²) in [5.74, 6) is -0.796. The van der Waals surface area contributed by atoms with Gasteiger partial charge in [0.2, 0.25) is 0 Å². The van der Waals surface area contributed by atoms with Crippen molar-refractivity contribution >= 4 is 11.8 Å². The fourth-order valence-corrected chi connectivity index (χ4v) is 1.32. The van der Waals surface area contributed by atoms with Crippen LogP contribution in [0.2, 0.25) is 0 Å². The van der Waals surface area contributed by atoms with Crippen LogP contribution in [-0.2, 0) is 9.53 Å². The first-order valence-corrected chi connectivity index (χ1v) is 4.96. The van der Waals surface area contributed by atoms with Crippen LogP contribution in [0.25, 0.3) is 0 Å². The molecule has 4 heteroatoms. The highest BCUT2D eigenvalue weighted by molar-refractivity contribution is 6.41. The molecule has 0 bridgehead atoms. The molecule has 0 heterocycles. The minimum absolute atomic E-state index is 0.194. The van der Waals surface area contributed by atoms with E-state index in [2.05, 4.69) is 4.74 Å². The van der Waals surface area contributed by atoms with E-state index in [1.807, 2.05) is 0 Å². The summed E-state index contributed by atoms with van der Waals surface area (Å²) in [6.07, 6.45) is 0. The number of hydrogen-bond acceptors (Lipinski definition) is 4. The zero-order chi connectivity index (χ0) is 12.1. The van der Waals surface area contributed by atoms with Crippen molar-refractivity contribution in [3.8, 4) is 5.75 Å². The largest absolute Gasteiger partial charge is 0.497 e. The summed E-state index contributed by atoms with van der Waals surface area (Å²) in [6, 6.07) is 4.90.